The first kappa shape index (κ1) is 23.5. The number of esters is 1. The van der Waals surface area contributed by atoms with Gasteiger partial charge in [-0.15, -0.1) is 0 Å². The molecule has 1 aliphatic heterocycles. The summed E-state index contributed by atoms with van der Waals surface area (Å²) in [6.45, 7) is 3.69. The van der Waals surface area contributed by atoms with E-state index in [0.717, 1.165) is 33.7 Å². The number of carbonyl (C=O) groups excluding carboxylic acids is 1. The van der Waals surface area contributed by atoms with Crippen LogP contribution in [0.15, 0.2) is 84.0 Å². The highest BCUT2D eigenvalue weighted by molar-refractivity contribution is 6.12. The lowest BCUT2D eigenvalue weighted by molar-refractivity contribution is -0.151. The summed E-state index contributed by atoms with van der Waals surface area (Å²) >= 11 is 0. The van der Waals surface area contributed by atoms with Crippen molar-refractivity contribution >= 4 is 11.7 Å². The maximum atomic E-state index is 12.0. The van der Waals surface area contributed by atoms with Gasteiger partial charge < -0.3 is 19.0 Å². The molecule has 0 aromatic heterocycles. The molecule has 6 heteroatoms. The first-order chi connectivity index (χ1) is 16.6. The summed E-state index contributed by atoms with van der Waals surface area (Å²) in [5, 5.41) is 4.20. The maximum absolute atomic E-state index is 12.0. The molecule has 3 aromatic carbocycles. The van der Waals surface area contributed by atoms with Gasteiger partial charge >= 0.3 is 5.97 Å². The van der Waals surface area contributed by atoms with E-state index >= 15 is 0 Å². The molecule has 1 saturated heterocycles. The molecular weight excluding hydrogens is 430 g/mol. The van der Waals surface area contributed by atoms with Crippen molar-refractivity contribution in [3.8, 4) is 5.75 Å². The minimum atomic E-state index is -0.305. The average molecular weight is 460 g/mol. The fraction of sp³-hybridized carbons (Fsp3) is 0.286. The van der Waals surface area contributed by atoms with Crippen LogP contribution in [0.25, 0.3) is 0 Å². The highest BCUT2D eigenvalue weighted by atomic mass is 16.6. The van der Waals surface area contributed by atoms with Gasteiger partial charge in [0.05, 0.1) is 31.7 Å². The molecule has 1 heterocycles. The van der Waals surface area contributed by atoms with E-state index in [1.165, 1.54) is 0 Å². The lowest BCUT2D eigenvalue weighted by Crippen LogP contribution is -2.48. The number of ether oxygens (including phenoxy) is 3. The molecule has 0 spiro atoms. The molecule has 6 nitrogen and oxygen atoms in total. The fourth-order valence-corrected chi connectivity index (χ4v) is 4.00. The monoisotopic (exact) mass is 459 g/mol. The van der Waals surface area contributed by atoms with Crippen LogP contribution >= 0.6 is 0 Å². The normalized spacial score (nSPS) is 14.7. The molecule has 1 aliphatic rings. The van der Waals surface area contributed by atoms with Gasteiger partial charge in [-0.05, 0) is 30.2 Å². The van der Waals surface area contributed by atoms with Gasteiger partial charge in [0.15, 0.2) is 0 Å². The Morgan fingerprint density at radius 3 is 2.21 bits per heavy atom. The fourth-order valence-electron chi connectivity index (χ4n) is 4.00. The van der Waals surface area contributed by atoms with Gasteiger partial charge in [0.2, 0.25) is 0 Å². The van der Waals surface area contributed by atoms with E-state index in [4.69, 9.17) is 19.0 Å². The predicted molar refractivity (Wildman–Crippen MR) is 130 cm³/mol. The maximum Gasteiger partial charge on any atom is 0.306 e. The van der Waals surface area contributed by atoms with Crippen molar-refractivity contribution in [1.82, 2.24) is 0 Å². The zero-order valence-electron chi connectivity index (χ0n) is 19.5. The summed E-state index contributed by atoms with van der Waals surface area (Å²) in [7, 11) is 1.55. The lowest BCUT2D eigenvalue weighted by atomic mass is 9.76. The SMILES string of the molecule is CCOC(=O)CC1(c2ccc(OCc3ccc(C(=NOC)c4ccccc4)cc3)cc2)COC1. The second kappa shape index (κ2) is 11.0. The van der Waals surface area contributed by atoms with E-state index in [-0.39, 0.29) is 11.4 Å². The van der Waals surface area contributed by atoms with Crippen LogP contribution in [-0.4, -0.2) is 38.6 Å². The van der Waals surface area contributed by atoms with Gasteiger partial charge in [-0.2, -0.15) is 0 Å². The summed E-state index contributed by atoms with van der Waals surface area (Å²) in [6.07, 6.45) is 0.324. The minimum absolute atomic E-state index is 0.194. The Bertz CT molecular complexity index is 1100. The lowest BCUT2D eigenvalue weighted by Gasteiger charge is -2.41. The molecule has 0 saturated carbocycles. The van der Waals surface area contributed by atoms with Gasteiger partial charge in [-0.25, -0.2) is 0 Å². The number of carbonyl (C=O) groups is 1. The van der Waals surface area contributed by atoms with Crippen molar-refractivity contribution in [3.63, 3.8) is 0 Å². The second-order valence-corrected chi connectivity index (χ2v) is 8.25. The van der Waals surface area contributed by atoms with E-state index in [1.807, 2.05) is 85.8 Å². The largest absolute Gasteiger partial charge is 0.489 e. The first-order valence-electron chi connectivity index (χ1n) is 11.4. The summed E-state index contributed by atoms with van der Waals surface area (Å²) in [6, 6.07) is 25.9. The number of hydrogen-bond donors (Lipinski definition) is 0. The van der Waals surface area contributed by atoms with Crippen molar-refractivity contribution in [2.75, 3.05) is 26.9 Å². The number of nitrogens with zero attached hydrogens (tertiary/aromatic N) is 1. The topological polar surface area (TPSA) is 66.4 Å². The van der Waals surface area contributed by atoms with E-state index in [0.29, 0.717) is 32.8 Å². The van der Waals surface area contributed by atoms with Crippen LogP contribution in [0.3, 0.4) is 0 Å². The third-order valence-corrected chi connectivity index (χ3v) is 5.87. The van der Waals surface area contributed by atoms with Crippen LogP contribution in [0.2, 0.25) is 0 Å². The van der Waals surface area contributed by atoms with Gasteiger partial charge in [0, 0.05) is 11.1 Å². The molecule has 0 radical (unpaired) electrons. The van der Waals surface area contributed by atoms with Crippen molar-refractivity contribution in [2.45, 2.75) is 25.4 Å². The van der Waals surface area contributed by atoms with Crippen molar-refractivity contribution in [1.29, 1.82) is 0 Å². The highest BCUT2D eigenvalue weighted by Gasteiger charge is 2.42. The highest BCUT2D eigenvalue weighted by Crippen LogP contribution is 2.37. The van der Waals surface area contributed by atoms with Crippen LogP contribution < -0.4 is 4.74 Å². The molecule has 0 atom stereocenters. The van der Waals surface area contributed by atoms with Gasteiger partial charge in [-0.3, -0.25) is 4.79 Å². The van der Waals surface area contributed by atoms with E-state index in [2.05, 4.69) is 5.16 Å². The standard InChI is InChI=1S/C28H29NO5/c1-3-33-26(30)17-28(19-32-20-28)24-13-15-25(16-14-24)34-18-21-9-11-23(12-10-21)27(29-31-2)22-7-5-4-6-8-22/h4-16H,3,17-20H2,1-2H3. The van der Waals surface area contributed by atoms with Crippen LogP contribution in [0.5, 0.6) is 5.75 Å². The quantitative estimate of drug-likeness (QED) is 0.245. The molecule has 0 amide bonds. The average Bonchev–Trinajstić information content (AvgIpc) is 2.85. The van der Waals surface area contributed by atoms with Crippen LogP contribution in [0, 0.1) is 0 Å². The smallest absolute Gasteiger partial charge is 0.306 e. The third kappa shape index (κ3) is 5.46. The Hall–Kier alpha value is -3.64. The predicted octanol–water partition coefficient (Wildman–Crippen LogP) is 4.89. The van der Waals surface area contributed by atoms with E-state index < -0.39 is 0 Å². The summed E-state index contributed by atoms with van der Waals surface area (Å²) in [5.41, 5.74) is 4.55. The zero-order valence-corrected chi connectivity index (χ0v) is 19.5. The molecule has 4 rings (SSSR count). The molecule has 3 aromatic rings. The Balaban J connectivity index is 1.38. The number of rotatable bonds is 10. The summed E-state index contributed by atoms with van der Waals surface area (Å²) < 4.78 is 16.5. The van der Waals surface area contributed by atoms with Crippen molar-refractivity contribution in [2.24, 2.45) is 5.16 Å². The van der Waals surface area contributed by atoms with Crippen LogP contribution in [0.1, 0.15) is 35.6 Å². The summed E-state index contributed by atoms with van der Waals surface area (Å²) in [4.78, 5) is 17.1. The van der Waals surface area contributed by atoms with Crippen LogP contribution in [0.4, 0.5) is 0 Å². The summed E-state index contributed by atoms with van der Waals surface area (Å²) in [5.74, 6) is 0.575. The number of hydrogen-bond acceptors (Lipinski definition) is 6. The molecule has 0 unspecified atom stereocenters. The molecule has 0 N–H and O–H groups in total. The van der Waals surface area contributed by atoms with Crippen molar-refractivity contribution < 1.29 is 23.8 Å². The molecule has 0 bridgehead atoms. The molecule has 176 valence electrons. The number of benzene rings is 3. The van der Waals surface area contributed by atoms with Crippen molar-refractivity contribution in [3.05, 3.63) is 101 Å². The van der Waals surface area contributed by atoms with Crippen LogP contribution in [-0.2, 0) is 31.1 Å². The molecule has 1 fully saturated rings. The minimum Gasteiger partial charge on any atom is -0.489 e. The number of oxime groups is 1. The molecule has 34 heavy (non-hydrogen) atoms. The molecule has 0 aliphatic carbocycles. The van der Waals surface area contributed by atoms with Gasteiger partial charge in [0.1, 0.15) is 25.2 Å². The zero-order chi connectivity index (χ0) is 23.8. The first-order valence-corrected chi connectivity index (χ1v) is 11.4. The Morgan fingerprint density at radius 2 is 1.62 bits per heavy atom. The Morgan fingerprint density at radius 1 is 0.941 bits per heavy atom. The Kier molecular flexibility index (Phi) is 7.60. The van der Waals surface area contributed by atoms with Gasteiger partial charge in [0.25, 0.3) is 0 Å². The van der Waals surface area contributed by atoms with E-state index in [1.54, 1.807) is 7.11 Å². The van der Waals surface area contributed by atoms with Gasteiger partial charge in [-0.1, -0.05) is 71.9 Å². The second-order valence-electron chi connectivity index (χ2n) is 8.25. The Labute approximate surface area is 200 Å². The third-order valence-electron chi connectivity index (χ3n) is 5.87. The molecular formula is C28H29NO5. The van der Waals surface area contributed by atoms with E-state index in [9.17, 15) is 4.79 Å².